The highest BCUT2D eigenvalue weighted by Crippen LogP contribution is 2.37. The van der Waals surface area contributed by atoms with E-state index >= 15 is 0 Å². The number of halogens is 5. The Labute approximate surface area is 188 Å². The standard InChI is InChI=1S/C20H16F5N7O2/c21-19(22)10-31(9-15(19)34-16-5-12(1-2-26-16)20(23,24)25)14-6-13(11-7-28-18(33)29-8-11)30-32-4-3-27-17(14)32/h1-7,15H,8-10H2,(H2,28,29,33)/t15-/m1/s1. The number of rotatable bonds is 4. The molecular weight excluding hydrogens is 465 g/mol. The van der Waals surface area contributed by atoms with Crippen LogP contribution >= 0.6 is 0 Å². The fourth-order valence-corrected chi connectivity index (χ4v) is 3.74. The number of nitrogens with one attached hydrogen (secondary N) is 2. The topological polar surface area (TPSA) is 96.7 Å². The van der Waals surface area contributed by atoms with Gasteiger partial charge in [0.2, 0.25) is 5.88 Å². The van der Waals surface area contributed by atoms with E-state index in [1.807, 2.05) is 0 Å². The summed E-state index contributed by atoms with van der Waals surface area (Å²) in [6.45, 7) is -0.900. The number of urea groups is 1. The molecule has 1 atom stereocenters. The third-order valence-electron chi connectivity index (χ3n) is 5.41. The zero-order chi connectivity index (χ0) is 24.1. The van der Waals surface area contributed by atoms with Crippen molar-refractivity contribution >= 4 is 22.9 Å². The van der Waals surface area contributed by atoms with Gasteiger partial charge in [0.25, 0.3) is 0 Å². The maximum atomic E-state index is 14.9. The predicted molar refractivity (Wildman–Crippen MR) is 108 cm³/mol. The van der Waals surface area contributed by atoms with Crippen LogP contribution in [0.25, 0.3) is 11.2 Å². The lowest BCUT2D eigenvalue weighted by atomic mass is 10.1. The lowest BCUT2D eigenvalue weighted by molar-refractivity contribution is -0.137. The average Bonchev–Trinajstić information content (AvgIpc) is 3.37. The zero-order valence-electron chi connectivity index (χ0n) is 17.2. The number of carbonyl (C=O) groups is 1. The molecule has 1 fully saturated rings. The van der Waals surface area contributed by atoms with E-state index in [9.17, 15) is 26.7 Å². The van der Waals surface area contributed by atoms with Crippen LogP contribution in [-0.4, -0.2) is 57.3 Å². The SMILES string of the molecule is O=C1NC=C(c2cc(N3C[C@@H](Oc4cc(C(F)(F)F)ccn4)C(F)(F)C3)c3nccn3n2)CN1. The highest BCUT2D eigenvalue weighted by atomic mass is 19.4. The van der Waals surface area contributed by atoms with Crippen molar-refractivity contribution in [1.82, 2.24) is 30.2 Å². The predicted octanol–water partition coefficient (Wildman–Crippen LogP) is 2.70. The minimum atomic E-state index is -4.66. The summed E-state index contributed by atoms with van der Waals surface area (Å²) in [6, 6.07) is 2.51. The third-order valence-corrected chi connectivity index (χ3v) is 5.41. The molecule has 0 radical (unpaired) electrons. The van der Waals surface area contributed by atoms with E-state index in [4.69, 9.17) is 4.74 Å². The summed E-state index contributed by atoms with van der Waals surface area (Å²) >= 11 is 0. The maximum absolute atomic E-state index is 14.9. The van der Waals surface area contributed by atoms with Crippen LogP contribution in [0.3, 0.4) is 0 Å². The molecule has 2 N–H and O–H groups in total. The van der Waals surface area contributed by atoms with E-state index in [0.29, 0.717) is 28.7 Å². The normalized spacial score (nSPS) is 20.1. The third kappa shape index (κ3) is 4.06. The van der Waals surface area contributed by atoms with Crippen LogP contribution in [0, 0.1) is 0 Å². The first kappa shape index (κ1) is 21.9. The van der Waals surface area contributed by atoms with Crippen molar-refractivity contribution in [3.8, 4) is 5.88 Å². The Balaban J connectivity index is 1.45. The van der Waals surface area contributed by atoms with Gasteiger partial charge in [-0.05, 0) is 12.1 Å². The largest absolute Gasteiger partial charge is 0.466 e. The molecule has 2 aliphatic heterocycles. The highest BCUT2D eigenvalue weighted by molar-refractivity contribution is 5.84. The highest BCUT2D eigenvalue weighted by Gasteiger charge is 2.51. The lowest BCUT2D eigenvalue weighted by Crippen LogP contribution is -2.38. The van der Waals surface area contributed by atoms with Gasteiger partial charge < -0.3 is 20.3 Å². The number of imidazole rings is 1. The van der Waals surface area contributed by atoms with Crippen LogP contribution in [-0.2, 0) is 6.18 Å². The zero-order valence-corrected chi connectivity index (χ0v) is 17.2. The molecule has 0 unspecified atom stereocenters. The maximum Gasteiger partial charge on any atom is 0.416 e. The van der Waals surface area contributed by atoms with Crippen LogP contribution in [0.15, 0.2) is 43.0 Å². The van der Waals surface area contributed by atoms with Gasteiger partial charge in [0.15, 0.2) is 11.8 Å². The van der Waals surface area contributed by atoms with Gasteiger partial charge in [0.1, 0.15) is 0 Å². The fourth-order valence-electron chi connectivity index (χ4n) is 3.74. The number of anilines is 1. The molecule has 0 spiro atoms. The molecule has 5 rings (SSSR count). The van der Waals surface area contributed by atoms with Gasteiger partial charge in [-0.15, -0.1) is 0 Å². The quantitative estimate of drug-likeness (QED) is 0.557. The summed E-state index contributed by atoms with van der Waals surface area (Å²) in [5.74, 6) is -3.93. The number of hydrogen-bond acceptors (Lipinski definition) is 6. The average molecular weight is 481 g/mol. The second-order valence-electron chi connectivity index (χ2n) is 7.74. The summed E-state index contributed by atoms with van der Waals surface area (Å²) in [7, 11) is 0. The van der Waals surface area contributed by atoms with Gasteiger partial charge in [-0.25, -0.2) is 28.1 Å². The summed E-state index contributed by atoms with van der Waals surface area (Å²) < 4.78 is 75.2. The van der Waals surface area contributed by atoms with Gasteiger partial charge in [0.05, 0.1) is 30.0 Å². The van der Waals surface area contributed by atoms with E-state index in [0.717, 1.165) is 12.3 Å². The van der Waals surface area contributed by atoms with E-state index < -0.39 is 36.2 Å². The monoisotopic (exact) mass is 481 g/mol. The molecule has 1 saturated heterocycles. The van der Waals surface area contributed by atoms with Gasteiger partial charge in [-0.1, -0.05) is 0 Å². The van der Waals surface area contributed by atoms with Crippen molar-refractivity contribution in [1.29, 1.82) is 0 Å². The first-order valence-corrected chi connectivity index (χ1v) is 10.0. The molecule has 14 heteroatoms. The summed E-state index contributed by atoms with van der Waals surface area (Å²) in [5, 5.41) is 9.51. The van der Waals surface area contributed by atoms with E-state index in [2.05, 4.69) is 25.7 Å². The smallest absolute Gasteiger partial charge is 0.416 e. The molecule has 0 bridgehead atoms. The fraction of sp³-hybridized carbons (Fsp3) is 0.300. The van der Waals surface area contributed by atoms with E-state index in [1.54, 1.807) is 12.3 Å². The molecule has 0 aromatic carbocycles. The number of alkyl halides is 5. The first-order chi connectivity index (χ1) is 16.1. The Morgan fingerprint density at radius 1 is 1.18 bits per heavy atom. The molecule has 0 saturated carbocycles. The van der Waals surface area contributed by atoms with Crippen molar-refractivity contribution in [3.05, 3.63) is 54.2 Å². The number of carbonyl (C=O) groups excluding carboxylic acids is 1. The Morgan fingerprint density at radius 2 is 2.00 bits per heavy atom. The molecule has 34 heavy (non-hydrogen) atoms. The molecular formula is C20H16F5N7O2. The van der Waals surface area contributed by atoms with Crippen LogP contribution in [0.1, 0.15) is 11.3 Å². The number of hydrogen-bond donors (Lipinski definition) is 2. The number of aromatic nitrogens is 4. The number of ether oxygens (including phenoxy) is 1. The molecule has 9 nitrogen and oxygen atoms in total. The minimum absolute atomic E-state index is 0.182. The van der Waals surface area contributed by atoms with Crippen molar-refractivity contribution in [3.63, 3.8) is 0 Å². The molecule has 5 heterocycles. The van der Waals surface area contributed by atoms with E-state index in [-0.39, 0.29) is 19.1 Å². The first-order valence-electron chi connectivity index (χ1n) is 10.0. The van der Waals surface area contributed by atoms with Crippen molar-refractivity contribution in [2.75, 3.05) is 24.5 Å². The second kappa shape index (κ2) is 7.81. The van der Waals surface area contributed by atoms with Crippen molar-refractivity contribution < 1.29 is 31.5 Å². The summed E-state index contributed by atoms with van der Waals surface area (Å²) in [5.41, 5.74) is 0.625. The second-order valence-corrected chi connectivity index (χ2v) is 7.74. The van der Waals surface area contributed by atoms with Gasteiger partial charge in [0, 0.05) is 43.0 Å². The number of nitrogens with zero attached hydrogens (tertiary/aromatic N) is 5. The van der Waals surface area contributed by atoms with Gasteiger partial charge in [-0.2, -0.15) is 18.3 Å². The van der Waals surface area contributed by atoms with Crippen LogP contribution < -0.4 is 20.3 Å². The molecule has 3 aromatic heterocycles. The lowest BCUT2D eigenvalue weighted by Gasteiger charge is -2.21. The summed E-state index contributed by atoms with van der Waals surface area (Å²) in [6.07, 6.45) is -1.07. The Morgan fingerprint density at radius 3 is 2.74 bits per heavy atom. The molecule has 0 aliphatic carbocycles. The van der Waals surface area contributed by atoms with E-state index in [1.165, 1.54) is 21.8 Å². The number of amides is 2. The molecule has 2 aliphatic rings. The van der Waals surface area contributed by atoms with Crippen LogP contribution in [0.2, 0.25) is 0 Å². The van der Waals surface area contributed by atoms with Crippen LogP contribution in [0.4, 0.5) is 32.4 Å². The van der Waals surface area contributed by atoms with Gasteiger partial charge >= 0.3 is 18.1 Å². The molecule has 2 amide bonds. The Bertz CT molecular complexity index is 1290. The Hall–Kier alpha value is -3.97. The van der Waals surface area contributed by atoms with Gasteiger partial charge in [-0.3, -0.25) is 0 Å². The summed E-state index contributed by atoms with van der Waals surface area (Å²) in [4.78, 5) is 20.5. The minimum Gasteiger partial charge on any atom is -0.466 e. The molecule has 178 valence electrons. The number of fused-ring (bicyclic) bond motifs is 1. The van der Waals surface area contributed by atoms with Crippen LogP contribution in [0.5, 0.6) is 5.88 Å². The number of pyridine rings is 1. The van der Waals surface area contributed by atoms with Crippen molar-refractivity contribution in [2.24, 2.45) is 0 Å². The van der Waals surface area contributed by atoms with Crippen molar-refractivity contribution in [2.45, 2.75) is 18.2 Å². The Kier molecular flexibility index (Phi) is 5.02. The molecule has 3 aromatic rings.